The van der Waals surface area contributed by atoms with Crippen LogP contribution in [-0.2, 0) is 4.74 Å². The van der Waals surface area contributed by atoms with Crippen LogP contribution in [0.3, 0.4) is 0 Å². The van der Waals surface area contributed by atoms with Crippen LogP contribution in [0, 0.1) is 0 Å². The third kappa shape index (κ3) is 3.08. The molecule has 0 saturated carbocycles. The van der Waals surface area contributed by atoms with Gasteiger partial charge in [0.15, 0.2) is 0 Å². The third-order valence-electron chi connectivity index (χ3n) is 2.17. The summed E-state index contributed by atoms with van der Waals surface area (Å²) < 4.78 is 5.23. The van der Waals surface area contributed by atoms with Crippen molar-refractivity contribution in [3.05, 3.63) is 36.0 Å². The second-order valence-electron chi connectivity index (χ2n) is 3.31. The zero-order chi connectivity index (χ0) is 12.0. The summed E-state index contributed by atoms with van der Waals surface area (Å²) in [6.07, 6.45) is 6.45. The number of allylic oxidation sites excluding steroid dienone is 4. The average molecular weight is 219 g/mol. The Labute approximate surface area is 95.9 Å². The van der Waals surface area contributed by atoms with Crippen LogP contribution in [0.15, 0.2) is 30.3 Å². The van der Waals surface area contributed by atoms with E-state index in [-0.39, 0.29) is 0 Å². The van der Waals surface area contributed by atoms with E-state index in [1.807, 2.05) is 13.0 Å². The lowest BCUT2D eigenvalue weighted by atomic mass is 10.1. The van der Waals surface area contributed by atoms with E-state index in [0.717, 1.165) is 23.4 Å². The highest BCUT2D eigenvalue weighted by Crippen LogP contribution is 2.19. The first-order valence-electron chi connectivity index (χ1n) is 5.18. The number of methoxy groups -OCH3 is 1. The van der Waals surface area contributed by atoms with Gasteiger partial charge in [0.05, 0.1) is 12.8 Å². The molecule has 86 valence electrons. The number of aromatic nitrogens is 2. The quantitative estimate of drug-likeness (QED) is 0.624. The van der Waals surface area contributed by atoms with Gasteiger partial charge in [0.1, 0.15) is 17.9 Å². The van der Waals surface area contributed by atoms with Crippen molar-refractivity contribution in [2.45, 2.75) is 20.3 Å². The van der Waals surface area contributed by atoms with Crippen LogP contribution in [0.5, 0.6) is 0 Å². The molecule has 0 aromatic carbocycles. The second-order valence-corrected chi connectivity index (χ2v) is 3.31. The fourth-order valence-electron chi connectivity index (χ4n) is 1.25. The topological polar surface area (TPSA) is 61.0 Å². The zero-order valence-electron chi connectivity index (χ0n) is 9.90. The minimum absolute atomic E-state index is 0.455. The van der Waals surface area contributed by atoms with Crippen molar-refractivity contribution in [3.63, 3.8) is 0 Å². The summed E-state index contributed by atoms with van der Waals surface area (Å²) >= 11 is 0. The lowest BCUT2D eigenvalue weighted by Crippen LogP contribution is -1.97. The Bertz CT molecular complexity index is 410. The molecule has 0 amide bonds. The first-order valence-corrected chi connectivity index (χ1v) is 5.18. The SMILES string of the molecule is CC/C=C\C(=C(/C)OC)c1cc(N)ncn1. The Hall–Kier alpha value is -1.84. The van der Waals surface area contributed by atoms with Crippen molar-refractivity contribution >= 4 is 11.4 Å². The second kappa shape index (κ2) is 5.90. The van der Waals surface area contributed by atoms with Gasteiger partial charge in [-0.1, -0.05) is 19.1 Å². The zero-order valence-corrected chi connectivity index (χ0v) is 9.90. The van der Waals surface area contributed by atoms with Gasteiger partial charge in [0, 0.05) is 11.6 Å². The molecule has 1 heterocycles. The molecule has 0 radical (unpaired) electrons. The van der Waals surface area contributed by atoms with Crippen LogP contribution in [-0.4, -0.2) is 17.1 Å². The van der Waals surface area contributed by atoms with Crippen molar-refractivity contribution in [2.24, 2.45) is 0 Å². The molecule has 0 bridgehead atoms. The van der Waals surface area contributed by atoms with E-state index in [9.17, 15) is 0 Å². The van der Waals surface area contributed by atoms with E-state index >= 15 is 0 Å². The molecule has 4 nitrogen and oxygen atoms in total. The van der Waals surface area contributed by atoms with Gasteiger partial charge >= 0.3 is 0 Å². The molecular weight excluding hydrogens is 202 g/mol. The number of nitrogen functional groups attached to an aromatic ring is 1. The minimum Gasteiger partial charge on any atom is -0.501 e. The Kier molecular flexibility index (Phi) is 4.51. The molecule has 1 aromatic heterocycles. The van der Waals surface area contributed by atoms with Crippen molar-refractivity contribution in [3.8, 4) is 0 Å². The summed E-state index contributed by atoms with van der Waals surface area (Å²) in [7, 11) is 1.64. The maximum Gasteiger partial charge on any atom is 0.127 e. The van der Waals surface area contributed by atoms with Crippen molar-refractivity contribution in [1.29, 1.82) is 0 Å². The molecule has 0 atom stereocenters. The van der Waals surface area contributed by atoms with Crippen molar-refractivity contribution in [2.75, 3.05) is 12.8 Å². The molecule has 1 rings (SSSR count). The smallest absolute Gasteiger partial charge is 0.127 e. The summed E-state index contributed by atoms with van der Waals surface area (Å²) in [6, 6.07) is 1.73. The number of nitrogens with zero attached hydrogens (tertiary/aromatic N) is 2. The van der Waals surface area contributed by atoms with Crippen LogP contribution in [0.1, 0.15) is 26.0 Å². The lowest BCUT2D eigenvalue weighted by Gasteiger charge is -2.07. The summed E-state index contributed by atoms with van der Waals surface area (Å²) in [5.74, 6) is 1.26. The standard InChI is InChI=1S/C12H17N3O/c1-4-5-6-10(9(2)16-3)11-7-12(13)15-8-14-11/h5-8H,4H2,1-3H3,(H2,13,14,15)/b6-5-,10-9-. The molecule has 0 unspecified atom stereocenters. The molecule has 0 fully saturated rings. The first kappa shape index (κ1) is 12.2. The Morgan fingerprint density at radius 2 is 2.25 bits per heavy atom. The summed E-state index contributed by atoms with van der Waals surface area (Å²) in [5.41, 5.74) is 7.33. The lowest BCUT2D eigenvalue weighted by molar-refractivity contribution is 0.296. The normalized spacial score (nSPS) is 12.7. The molecule has 0 aliphatic heterocycles. The van der Waals surface area contributed by atoms with Gasteiger partial charge in [-0.2, -0.15) is 0 Å². The molecule has 16 heavy (non-hydrogen) atoms. The summed E-state index contributed by atoms with van der Waals surface area (Å²) in [6.45, 7) is 3.97. The van der Waals surface area contributed by atoms with Gasteiger partial charge in [0.2, 0.25) is 0 Å². The number of hydrogen-bond acceptors (Lipinski definition) is 4. The largest absolute Gasteiger partial charge is 0.501 e. The van der Waals surface area contributed by atoms with Gasteiger partial charge in [-0.05, 0) is 13.3 Å². The van der Waals surface area contributed by atoms with E-state index in [1.54, 1.807) is 13.2 Å². The molecule has 2 N–H and O–H groups in total. The summed E-state index contributed by atoms with van der Waals surface area (Å²) in [5, 5.41) is 0. The molecule has 1 aromatic rings. The number of nitrogens with two attached hydrogens (primary N) is 1. The predicted molar refractivity (Wildman–Crippen MR) is 65.5 cm³/mol. The Morgan fingerprint density at radius 1 is 1.50 bits per heavy atom. The van der Waals surface area contributed by atoms with Gasteiger partial charge < -0.3 is 10.5 Å². The van der Waals surface area contributed by atoms with E-state index in [1.165, 1.54) is 6.33 Å². The van der Waals surface area contributed by atoms with Crippen LogP contribution < -0.4 is 5.73 Å². The number of hydrogen-bond donors (Lipinski definition) is 1. The predicted octanol–water partition coefficient (Wildman–Crippen LogP) is 2.40. The average Bonchev–Trinajstić information content (AvgIpc) is 2.29. The van der Waals surface area contributed by atoms with Gasteiger partial charge in [-0.3, -0.25) is 0 Å². The highest BCUT2D eigenvalue weighted by atomic mass is 16.5. The van der Waals surface area contributed by atoms with E-state index in [4.69, 9.17) is 10.5 Å². The first-order chi connectivity index (χ1) is 7.69. The third-order valence-corrected chi connectivity index (χ3v) is 2.17. The Morgan fingerprint density at radius 3 is 2.81 bits per heavy atom. The van der Waals surface area contributed by atoms with Crippen molar-refractivity contribution < 1.29 is 4.74 Å². The molecule has 0 saturated heterocycles. The number of rotatable bonds is 4. The van der Waals surface area contributed by atoms with Crippen molar-refractivity contribution in [1.82, 2.24) is 9.97 Å². The maximum absolute atomic E-state index is 5.63. The van der Waals surface area contributed by atoms with E-state index < -0.39 is 0 Å². The summed E-state index contributed by atoms with van der Waals surface area (Å²) in [4.78, 5) is 8.05. The van der Waals surface area contributed by atoms with Crippen LogP contribution in [0.2, 0.25) is 0 Å². The fraction of sp³-hybridized carbons (Fsp3) is 0.333. The molecule has 0 aliphatic carbocycles. The molecule has 4 heteroatoms. The number of ether oxygens (including phenoxy) is 1. The Balaban J connectivity index is 3.17. The monoisotopic (exact) mass is 219 g/mol. The van der Waals surface area contributed by atoms with E-state index in [0.29, 0.717) is 5.82 Å². The molecular formula is C12H17N3O. The van der Waals surface area contributed by atoms with Gasteiger partial charge in [-0.25, -0.2) is 9.97 Å². The molecule has 0 spiro atoms. The van der Waals surface area contributed by atoms with Crippen LogP contribution in [0.25, 0.3) is 5.57 Å². The highest BCUT2D eigenvalue weighted by Gasteiger charge is 2.05. The van der Waals surface area contributed by atoms with Gasteiger partial charge in [0.25, 0.3) is 0 Å². The number of anilines is 1. The van der Waals surface area contributed by atoms with E-state index in [2.05, 4.69) is 23.0 Å². The minimum atomic E-state index is 0.455. The molecule has 0 aliphatic rings. The van der Waals surface area contributed by atoms with Crippen LogP contribution >= 0.6 is 0 Å². The van der Waals surface area contributed by atoms with Crippen LogP contribution in [0.4, 0.5) is 5.82 Å². The fourth-order valence-corrected chi connectivity index (χ4v) is 1.25. The maximum atomic E-state index is 5.63. The van der Waals surface area contributed by atoms with Gasteiger partial charge in [-0.15, -0.1) is 0 Å². The highest BCUT2D eigenvalue weighted by molar-refractivity contribution is 5.74.